The highest BCUT2D eigenvalue weighted by Gasteiger charge is 1.99. The van der Waals surface area contributed by atoms with Crippen LogP contribution in [0.2, 0.25) is 0 Å². The number of hydrogen-bond acceptors (Lipinski definition) is 1. The number of ether oxygens (including phenoxy) is 1. The van der Waals surface area contributed by atoms with Gasteiger partial charge in [0.2, 0.25) is 0 Å². The molecule has 0 aliphatic rings. The molecule has 0 amide bonds. The van der Waals surface area contributed by atoms with Gasteiger partial charge in [-0.3, -0.25) is 0 Å². The van der Waals surface area contributed by atoms with E-state index in [2.05, 4.69) is 39.0 Å². The predicted molar refractivity (Wildman–Crippen MR) is 70.2 cm³/mol. The van der Waals surface area contributed by atoms with Gasteiger partial charge in [-0.15, -0.1) is 0 Å². The molecule has 0 atom stereocenters. The summed E-state index contributed by atoms with van der Waals surface area (Å²) in [6, 6.07) is 6.38. The van der Waals surface area contributed by atoms with Crippen LogP contribution in [0.5, 0.6) is 5.75 Å². The minimum absolute atomic E-state index is 0.855. The molecule has 0 aliphatic heterocycles. The summed E-state index contributed by atoms with van der Waals surface area (Å²) < 4.78 is 5.80. The van der Waals surface area contributed by atoms with Gasteiger partial charge in [-0.1, -0.05) is 44.7 Å². The fourth-order valence-electron chi connectivity index (χ4n) is 1.75. The van der Waals surface area contributed by atoms with Gasteiger partial charge in [-0.05, 0) is 37.5 Å². The van der Waals surface area contributed by atoms with Crippen LogP contribution in [0.4, 0.5) is 0 Å². The summed E-state index contributed by atoms with van der Waals surface area (Å²) in [6.45, 7) is 7.31. The Morgan fingerprint density at radius 3 is 2.50 bits per heavy atom. The summed E-state index contributed by atoms with van der Waals surface area (Å²) in [4.78, 5) is 0. The Bertz CT molecular complexity index is 304. The zero-order valence-corrected chi connectivity index (χ0v) is 10.9. The molecule has 1 aromatic carbocycles. The molecule has 0 spiro atoms. The van der Waals surface area contributed by atoms with Crippen LogP contribution in [0.15, 0.2) is 18.2 Å². The summed E-state index contributed by atoms with van der Waals surface area (Å²) in [6.07, 6.45) is 6.46. The van der Waals surface area contributed by atoms with Gasteiger partial charge >= 0.3 is 0 Å². The van der Waals surface area contributed by atoms with Gasteiger partial charge in [0.05, 0.1) is 6.61 Å². The molecule has 0 heterocycles. The van der Waals surface area contributed by atoms with Crippen molar-refractivity contribution in [2.45, 2.75) is 52.9 Å². The second kappa shape index (κ2) is 7.32. The molecule has 1 nitrogen and oxygen atoms in total. The van der Waals surface area contributed by atoms with E-state index in [1.807, 2.05) is 0 Å². The molecule has 0 bridgehead atoms. The lowest BCUT2D eigenvalue weighted by Crippen LogP contribution is -1.99. The molecule has 0 saturated carbocycles. The Kier molecular flexibility index (Phi) is 5.99. The first-order valence-corrected chi connectivity index (χ1v) is 6.44. The highest BCUT2D eigenvalue weighted by Crippen LogP contribution is 2.19. The largest absolute Gasteiger partial charge is 0.493 e. The molecular weight excluding hydrogens is 196 g/mol. The van der Waals surface area contributed by atoms with Crippen LogP contribution < -0.4 is 4.74 Å². The van der Waals surface area contributed by atoms with E-state index in [4.69, 9.17) is 4.74 Å². The Labute approximate surface area is 99.8 Å². The van der Waals surface area contributed by atoms with Crippen LogP contribution in [0.3, 0.4) is 0 Å². The van der Waals surface area contributed by atoms with Gasteiger partial charge in [0.1, 0.15) is 5.75 Å². The first-order chi connectivity index (χ1) is 7.74. The Morgan fingerprint density at radius 2 is 1.75 bits per heavy atom. The first-order valence-electron chi connectivity index (χ1n) is 6.44. The van der Waals surface area contributed by atoms with E-state index >= 15 is 0 Å². The second-order valence-corrected chi connectivity index (χ2v) is 4.53. The van der Waals surface area contributed by atoms with Crippen LogP contribution in [-0.4, -0.2) is 6.61 Å². The molecule has 0 N–H and O–H groups in total. The SMILES string of the molecule is CCCCCCCOc1cc(C)ccc1C. The maximum absolute atomic E-state index is 5.80. The molecule has 0 aliphatic carbocycles. The molecule has 0 fully saturated rings. The zero-order chi connectivity index (χ0) is 11.8. The minimum Gasteiger partial charge on any atom is -0.493 e. The lowest BCUT2D eigenvalue weighted by atomic mass is 10.1. The topological polar surface area (TPSA) is 9.23 Å². The average molecular weight is 220 g/mol. The highest BCUT2D eigenvalue weighted by atomic mass is 16.5. The molecule has 1 rings (SSSR count). The summed E-state index contributed by atoms with van der Waals surface area (Å²) in [5.74, 6) is 1.05. The van der Waals surface area contributed by atoms with Gasteiger partial charge < -0.3 is 4.74 Å². The number of aryl methyl sites for hydroxylation is 2. The second-order valence-electron chi connectivity index (χ2n) is 4.53. The standard InChI is InChI=1S/C15H24O/c1-4-5-6-7-8-11-16-15-12-13(2)9-10-14(15)3/h9-10,12H,4-8,11H2,1-3H3. The van der Waals surface area contributed by atoms with Gasteiger partial charge in [0.25, 0.3) is 0 Å². The summed E-state index contributed by atoms with van der Waals surface area (Å²) in [7, 11) is 0. The molecular formula is C15H24O. The van der Waals surface area contributed by atoms with Crippen molar-refractivity contribution >= 4 is 0 Å². The van der Waals surface area contributed by atoms with Crippen molar-refractivity contribution in [1.82, 2.24) is 0 Å². The summed E-state index contributed by atoms with van der Waals surface area (Å²) in [5.41, 5.74) is 2.51. The Hall–Kier alpha value is -0.980. The quantitative estimate of drug-likeness (QED) is 0.608. The predicted octanol–water partition coefficient (Wildman–Crippen LogP) is 4.65. The highest BCUT2D eigenvalue weighted by molar-refractivity contribution is 5.35. The molecule has 0 aromatic heterocycles. The van der Waals surface area contributed by atoms with E-state index in [1.54, 1.807) is 0 Å². The molecule has 0 unspecified atom stereocenters. The van der Waals surface area contributed by atoms with Crippen LogP contribution in [0.25, 0.3) is 0 Å². The van der Waals surface area contributed by atoms with Crippen LogP contribution in [-0.2, 0) is 0 Å². The van der Waals surface area contributed by atoms with Crippen LogP contribution >= 0.6 is 0 Å². The third-order valence-electron chi connectivity index (χ3n) is 2.85. The molecule has 16 heavy (non-hydrogen) atoms. The maximum atomic E-state index is 5.80. The lowest BCUT2D eigenvalue weighted by molar-refractivity contribution is 0.302. The maximum Gasteiger partial charge on any atom is 0.122 e. The molecule has 0 radical (unpaired) electrons. The van der Waals surface area contributed by atoms with Crippen molar-refractivity contribution in [2.24, 2.45) is 0 Å². The van der Waals surface area contributed by atoms with Gasteiger partial charge in [-0.2, -0.15) is 0 Å². The number of benzene rings is 1. The number of rotatable bonds is 7. The zero-order valence-electron chi connectivity index (χ0n) is 10.9. The fourth-order valence-corrected chi connectivity index (χ4v) is 1.75. The van der Waals surface area contributed by atoms with Crippen molar-refractivity contribution in [3.05, 3.63) is 29.3 Å². The first kappa shape index (κ1) is 13.1. The van der Waals surface area contributed by atoms with Crippen LogP contribution in [0, 0.1) is 13.8 Å². The van der Waals surface area contributed by atoms with E-state index in [1.165, 1.54) is 43.2 Å². The van der Waals surface area contributed by atoms with Gasteiger partial charge in [0.15, 0.2) is 0 Å². The summed E-state index contributed by atoms with van der Waals surface area (Å²) >= 11 is 0. The molecule has 1 aromatic rings. The summed E-state index contributed by atoms with van der Waals surface area (Å²) in [5, 5.41) is 0. The van der Waals surface area contributed by atoms with Crippen molar-refractivity contribution in [3.63, 3.8) is 0 Å². The number of hydrogen-bond donors (Lipinski definition) is 0. The molecule has 90 valence electrons. The van der Waals surface area contributed by atoms with Crippen molar-refractivity contribution < 1.29 is 4.74 Å². The minimum atomic E-state index is 0.855. The van der Waals surface area contributed by atoms with Gasteiger partial charge in [-0.25, -0.2) is 0 Å². The van der Waals surface area contributed by atoms with Crippen LogP contribution in [0.1, 0.15) is 50.2 Å². The molecule has 1 heteroatoms. The normalized spacial score (nSPS) is 10.4. The third kappa shape index (κ3) is 4.69. The average Bonchev–Trinajstić information content (AvgIpc) is 2.28. The van der Waals surface area contributed by atoms with E-state index in [9.17, 15) is 0 Å². The third-order valence-corrected chi connectivity index (χ3v) is 2.85. The molecule has 0 saturated heterocycles. The van der Waals surface area contributed by atoms with E-state index in [-0.39, 0.29) is 0 Å². The monoisotopic (exact) mass is 220 g/mol. The lowest BCUT2D eigenvalue weighted by Gasteiger charge is -2.09. The van der Waals surface area contributed by atoms with E-state index in [0.717, 1.165) is 12.4 Å². The van der Waals surface area contributed by atoms with Crippen molar-refractivity contribution in [3.8, 4) is 5.75 Å². The van der Waals surface area contributed by atoms with E-state index < -0.39 is 0 Å². The van der Waals surface area contributed by atoms with Gasteiger partial charge in [0, 0.05) is 0 Å². The Morgan fingerprint density at radius 1 is 1.00 bits per heavy atom. The fraction of sp³-hybridized carbons (Fsp3) is 0.600. The Balaban J connectivity index is 2.23. The number of unbranched alkanes of at least 4 members (excludes halogenated alkanes) is 4. The van der Waals surface area contributed by atoms with E-state index in [0.29, 0.717) is 0 Å². The van der Waals surface area contributed by atoms with Crippen molar-refractivity contribution in [2.75, 3.05) is 6.61 Å². The van der Waals surface area contributed by atoms with Crippen molar-refractivity contribution in [1.29, 1.82) is 0 Å². The smallest absolute Gasteiger partial charge is 0.122 e.